The topological polar surface area (TPSA) is 4.93 Å². The van der Waals surface area contributed by atoms with Crippen molar-refractivity contribution in [2.75, 3.05) is 0 Å². The predicted molar refractivity (Wildman–Crippen MR) is 44.9 cm³/mol. The number of hydrogen-bond donors (Lipinski definition) is 0. The van der Waals surface area contributed by atoms with Gasteiger partial charge in [0.2, 0.25) is 0 Å². The minimum atomic E-state index is 1.31. The van der Waals surface area contributed by atoms with E-state index in [9.17, 15) is 0 Å². The molecule has 1 aromatic rings. The fourth-order valence-corrected chi connectivity index (χ4v) is 1.09. The van der Waals surface area contributed by atoms with Gasteiger partial charge in [0, 0.05) is 19.4 Å². The highest BCUT2D eigenvalue weighted by Gasteiger charge is 1.94. The molecule has 1 heteroatoms. The summed E-state index contributed by atoms with van der Waals surface area (Å²) in [6, 6.07) is 0. The highest BCUT2D eigenvalue weighted by molar-refractivity contribution is 5.52. The third-order valence-electron chi connectivity index (χ3n) is 1.54. The standard InChI is InChI=1S/C9H13N/c1-4-5-9-7-10(3)6-8(9)2/h4-7H,1-3H3/b5-4-. The molecule has 0 spiro atoms. The molecular formula is C9H13N. The zero-order valence-corrected chi connectivity index (χ0v) is 6.76. The monoisotopic (exact) mass is 135 g/mol. The number of aryl methyl sites for hydroxylation is 2. The quantitative estimate of drug-likeness (QED) is 0.557. The molecule has 1 aromatic heterocycles. The number of rotatable bonds is 1. The lowest BCUT2D eigenvalue weighted by molar-refractivity contribution is 0.924. The second kappa shape index (κ2) is 2.74. The summed E-state index contributed by atoms with van der Waals surface area (Å²) in [5.74, 6) is 0. The van der Waals surface area contributed by atoms with E-state index in [1.807, 2.05) is 14.0 Å². The first-order chi connectivity index (χ1) is 4.74. The van der Waals surface area contributed by atoms with Crippen molar-refractivity contribution in [2.45, 2.75) is 13.8 Å². The van der Waals surface area contributed by atoms with E-state index in [1.54, 1.807) is 0 Å². The van der Waals surface area contributed by atoms with E-state index in [1.165, 1.54) is 11.1 Å². The Morgan fingerprint density at radius 1 is 1.40 bits per heavy atom. The van der Waals surface area contributed by atoms with Crippen LogP contribution in [0.15, 0.2) is 18.5 Å². The van der Waals surface area contributed by atoms with Crippen molar-refractivity contribution < 1.29 is 0 Å². The Labute approximate surface area is 62.0 Å². The summed E-state index contributed by atoms with van der Waals surface area (Å²) in [5.41, 5.74) is 2.64. The van der Waals surface area contributed by atoms with Crippen LogP contribution < -0.4 is 0 Å². The van der Waals surface area contributed by atoms with Crippen molar-refractivity contribution in [1.82, 2.24) is 4.57 Å². The van der Waals surface area contributed by atoms with Gasteiger partial charge in [-0.15, -0.1) is 0 Å². The van der Waals surface area contributed by atoms with E-state index in [2.05, 4.69) is 36.0 Å². The molecule has 0 bridgehead atoms. The van der Waals surface area contributed by atoms with Gasteiger partial charge in [-0.2, -0.15) is 0 Å². The molecular weight excluding hydrogens is 122 g/mol. The van der Waals surface area contributed by atoms with E-state index in [0.29, 0.717) is 0 Å². The van der Waals surface area contributed by atoms with Crippen molar-refractivity contribution in [3.05, 3.63) is 29.6 Å². The Morgan fingerprint density at radius 3 is 2.50 bits per heavy atom. The van der Waals surface area contributed by atoms with Crippen LogP contribution in [0.2, 0.25) is 0 Å². The summed E-state index contributed by atoms with van der Waals surface area (Å²) in [6.07, 6.45) is 8.42. The van der Waals surface area contributed by atoms with Crippen molar-refractivity contribution in [1.29, 1.82) is 0 Å². The van der Waals surface area contributed by atoms with E-state index < -0.39 is 0 Å². The molecule has 0 amide bonds. The molecule has 0 aliphatic heterocycles. The smallest absolute Gasteiger partial charge is 0.0107 e. The van der Waals surface area contributed by atoms with Gasteiger partial charge in [-0.3, -0.25) is 0 Å². The van der Waals surface area contributed by atoms with Crippen LogP contribution in [0.5, 0.6) is 0 Å². The van der Waals surface area contributed by atoms with Gasteiger partial charge in [0.1, 0.15) is 0 Å². The molecule has 0 N–H and O–H groups in total. The summed E-state index contributed by atoms with van der Waals surface area (Å²) >= 11 is 0. The van der Waals surface area contributed by atoms with Crippen LogP contribution in [0, 0.1) is 6.92 Å². The average molecular weight is 135 g/mol. The maximum atomic E-state index is 2.12. The molecule has 0 unspecified atom stereocenters. The molecule has 54 valence electrons. The van der Waals surface area contributed by atoms with Crippen LogP contribution in [-0.4, -0.2) is 4.57 Å². The van der Waals surface area contributed by atoms with Gasteiger partial charge in [0.25, 0.3) is 0 Å². The normalized spacial score (nSPS) is 11.1. The van der Waals surface area contributed by atoms with Gasteiger partial charge in [0.15, 0.2) is 0 Å². The Kier molecular flexibility index (Phi) is 1.95. The van der Waals surface area contributed by atoms with Crippen LogP contribution >= 0.6 is 0 Å². The SMILES string of the molecule is C/C=C\c1cn(C)cc1C. The third-order valence-corrected chi connectivity index (χ3v) is 1.54. The number of hydrogen-bond acceptors (Lipinski definition) is 0. The Morgan fingerprint density at radius 2 is 2.10 bits per heavy atom. The van der Waals surface area contributed by atoms with Gasteiger partial charge in [0.05, 0.1) is 0 Å². The molecule has 0 aromatic carbocycles. The zero-order chi connectivity index (χ0) is 7.56. The summed E-state index contributed by atoms with van der Waals surface area (Å²) in [6.45, 7) is 4.15. The number of allylic oxidation sites excluding steroid dienone is 1. The van der Waals surface area contributed by atoms with Gasteiger partial charge in [-0.25, -0.2) is 0 Å². The minimum absolute atomic E-state index is 1.31. The molecule has 0 fully saturated rings. The van der Waals surface area contributed by atoms with Gasteiger partial charge in [-0.05, 0) is 25.0 Å². The van der Waals surface area contributed by atoms with Crippen LogP contribution in [0.4, 0.5) is 0 Å². The first kappa shape index (κ1) is 7.13. The lowest BCUT2D eigenvalue weighted by Gasteiger charge is -1.84. The Hall–Kier alpha value is -0.980. The molecule has 1 rings (SSSR count). The van der Waals surface area contributed by atoms with Crippen molar-refractivity contribution >= 4 is 6.08 Å². The third kappa shape index (κ3) is 1.29. The maximum Gasteiger partial charge on any atom is 0.0107 e. The maximum absolute atomic E-state index is 2.12. The lowest BCUT2D eigenvalue weighted by Crippen LogP contribution is -1.77. The first-order valence-corrected chi connectivity index (χ1v) is 3.49. The molecule has 0 saturated carbocycles. The summed E-state index contributed by atoms with van der Waals surface area (Å²) in [7, 11) is 2.04. The predicted octanol–water partition coefficient (Wildman–Crippen LogP) is 2.37. The largest absolute Gasteiger partial charge is 0.356 e. The number of aromatic nitrogens is 1. The highest BCUT2D eigenvalue weighted by Crippen LogP contribution is 2.09. The fraction of sp³-hybridized carbons (Fsp3) is 0.333. The molecule has 0 atom stereocenters. The average Bonchev–Trinajstić information content (AvgIpc) is 2.13. The van der Waals surface area contributed by atoms with Crippen molar-refractivity contribution in [2.24, 2.45) is 7.05 Å². The first-order valence-electron chi connectivity index (χ1n) is 3.49. The second-order valence-corrected chi connectivity index (χ2v) is 2.56. The molecule has 0 aliphatic carbocycles. The van der Waals surface area contributed by atoms with Crippen LogP contribution in [0.3, 0.4) is 0 Å². The van der Waals surface area contributed by atoms with Crippen LogP contribution in [0.25, 0.3) is 6.08 Å². The second-order valence-electron chi connectivity index (χ2n) is 2.56. The Bertz CT molecular complexity index is 243. The summed E-state index contributed by atoms with van der Waals surface area (Å²) in [5, 5.41) is 0. The summed E-state index contributed by atoms with van der Waals surface area (Å²) < 4.78 is 2.07. The van der Waals surface area contributed by atoms with E-state index in [-0.39, 0.29) is 0 Å². The van der Waals surface area contributed by atoms with Gasteiger partial charge in [-0.1, -0.05) is 12.2 Å². The molecule has 0 aliphatic rings. The highest BCUT2D eigenvalue weighted by atomic mass is 14.9. The van der Waals surface area contributed by atoms with E-state index in [4.69, 9.17) is 0 Å². The fourth-order valence-electron chi connectivity index (χ4n) is 1.09. The molecule has 0 saturated heterocycles. The van der Waals surface area contributed by atoms with Crippen molar-refractivity contribution in [3.63, 3.8) is 0 Å². The van der Waals surface area contributed by atoms with E-state index in [0.717, 1.165) is 0 Å². The molecule has 1 heterocycles. The van der Waals surface area contributed by atoms with Gasteiger partial charge >= 0.3 is 0 Å². The Balaban J connectivity index is 3.03. The minimum Gasteiger partial charge on any atom is -0.356 e. The number of nitrogens with zero attached hydrogens (tertiary/aromatic N) is 1. The molecule has 0 radical (unpaired) electrons. The van der Waals surface area contributed by atoms with Crippen LogP contribution in [-0.2, 0) is 7.05 Å². The molecule has 1 nitrogen and oxygen atoms in total. The zero-order valence-electron chi connectivity index (χ0n) is 6.76. The molecule has 10 heavy (non-hydrogen) atoms. The lowest BCUT2D eigenvalue weighted by atomic mass is 10.2. The summed E-state index contributed by atoms with van der Waals surface area (Å²) in [4.78, 5) is 0. The van der Waals surface area contributed by atoms with Crippen LogP contribution in [0.1, 0.15) is 18.1 Å². The van der Waals surface area contributed by atoms with Crippen molar-refractivity contribution in [3.8, 4) is 0 Å². The van der Waals surface area contributed by atoms with Gasteiger partial charge < -0.3 is 4.57 Å². The van der Waals surface area contributed by atoms with E-state index >= 15 is 0 Å².